The maximum absolute atomic E-state index is 5.97. The summed E-state index contributed by atoms with van der Waals surface area (Å²) >= 11 is 0. The highest BCUT2D eigenvalue weighted by molar-refractivity contribution is 14.0. The summed E-state index contributed by atoms with van der Waals surface area (Å²) < 4.78 is 11.0. The quantitative estimate of drug-likeness (QED) is 0.211. The Morgan fingerprint density at radius 1 is 1.21 bits per heavy atom. The number of nitrogens with zero attached hydrogens (tertiary/aromatic N) is 3. The van der Waals surface area contributed by atoms with E-state index in [-0.39, 0.29) is 24.0 Å². The first kappa shape index (κ1) is 26.1. The minimum absolute atomic E-state index is 0. The van der Waals surface area contributed by atoms with Crippen molar-refractivity contribution in [1.29, 1.82) is 0 Å². The van der Waals surface area contributed by atoms with Crippen molar-refractivity contribution in [3.05, 3.63) is 35.9 Å². The third-order valence-corrected chi connectivity index (χ3v) is 4.96. The van der Waals surface area contributed by atoms with Gasteiger partial charge in [-0.1, -0.05) is 30.3 Å². The molecule has 1 fully saturated rings. The van der Waals surface area contributed by atoms with E-state index < -0.39 is 0 Å². The van der Waals surface area contributed by atoms with Gasteiger partial charge in [0.2, 0.25) is 0 Å². The van der Waals surface area contributed by atoms with Crippen molar-refractivity contribution >= 4 is 29.9 Å². The van der Waals surface area contributed by atoms with E-state index in [1.54, 1.807) is 7.11 Å². The lowest BCUT2D eigenvalue weighted by Gasteiger charge is -2.34. The van der Waals surface area contributed by atoms with E-state index in [1.807, 2.05) is 0 Å². The summed E-state index contributed by atoms with van der Waals surface area (Å²) in [4.78, 5) is 9.56. The first-order valence-corrected chi connectivity index (χ1v) is 10.6. The molecule has 1 aliphatic rings. The van der Waals surface area contributed by atoms with E-state index in [0.29, 0.717) is 6.10 Å². The average Bonchev–Trinajstić information content (AvgIpc) is 2.72. The molecule has 0 spiro atoms. The van der Waals surface area contributed by atoms with Crippen LogP contribution in [0.2, 0.25) is 0 Å². The fourth-order valence-corrected chi connectivity index (χ4v) is 3.41. The second-order valence-corrected chi connectivity index (χ2v) is 7.36. The van der Waals surface area contributed by atoms with Gasteiger partial charge in [-0.3, -0.25) is 4.99 Å². The van der Waals surface area contributed by atoms with Gasteiger partial charge < -0.3 is 24.6 Å². The van der Waals surface area contributed by atoms with Crippen LogP contribution in [0.15, 0.2) is 35.3 Å². The fourth-order valence-electron chi connectivity index (χ4n) is 3.41. The predicted molar refractivity (Wildman–Crippen MR) is 131 cm³/mol. The van der Waals surface area contributed by atoms with E-state index in [1.165, 1.54) is 5.56 Å². The van der Waals surface area contributed by atoms with E-state index in [4.69, 9.17) is 14.5 Å². The van der Waals surface area contributed by atoms with Gasteiger partial charge in [0, 0.05) is 53.0 Å². The molecule has 166 valence electrons. The highest BCUT2D eigenvalue weighted by Crippen LogP contribution is 2.14. The molecule has 1 saturated heterocycles. The zero-order chi connectivity index (χ0) is 20.0. The number of rotatable bonds is 11. The molecule has 6 nitrogen and oxygen atoms in total. The number of halogens is 1. The number of likely N-dealkylation sites (tertiary alicyclic amines) is 1. The molecule has 0 radical (unpaired) electrons. The summed E-state index contributed by atoms with van der Waals surface area (Å²) in [6.45, 7) is 9.30. The SMILES string of the molecule is CCNC(=NCCN(C)Cc1ccccc1)N1CCC(OCCCOC)CC1.I. The van der Waals surface area contributed by atoms with Crippen LogP contribution in [0, 0.1) is 0 Å². The van der Waals surface area contributed by atoms with E-state index in [0.717, 1.165) is 77.7 Å². The van der Waals surface area contributed by atoms with Crippen molar-refractivity contribution < 1.29 is 9.47 Å². The number of benzene rings is 1. The van der Waals surface area contributed by atoms with Crippen LogP contribution in [0.25, 0.3) is 0 Å². The Morgan fingerprint density at radius 3 is 2.59 bits per heavy atom. The highest BCUT2D eigenvalue weighted by Gasteiger charge is 2.21. The zero-order valence-corrected chi connectivity index (χ0v) is 20.6. The molecule has 1 aliphatic heterocycles. The lowest BCUT2D eigenvalue weighted by molar-refractivity contribution is 0.00990. The smallest absolute Gasteiger partial charge is 0.193 e. The number of methoxy groups -OCH3 is 1. The van der Waals surface area contributed by atoms with Crippen LogP contribution in [-0.2, 0) is 16.0 Å². The van der Waals surface area contributed by atoms with Crippen LogP contribution in [-0.4, -0.2) is 82.0 Å². The highest BCUT2D eigenvalue weighted by atomic mass is 127. The third kappa shape index (κ3) is 10.6. The largest absolute Gasteiger partial charge is 0.385 e. The predicted octanol–water partition coefficient (Wildman–Crippen LogP) is 3.22. The van der Waals surface area contributed by atoms with Crippen molar-refractivity contribution in [3.8, 4) is 0 Å². The van der Waals surface area contributed by atoms with Gasteiger partial charge in [-0.15, -0.1) is 24.0 Å². The second-order valence-electron chi connectivity index (χ2n) is 7.36. The Kier molecular flexibility index (Phi) is 14.3. The summed E-state index contributed by atoms with van der Waals surface area (Å²) in [7, 11) is 3.89. The normalized spacial score (nSPS) is 15.4. The molecule has 2 rings (SSSR count). The maximum atomic E-state index is 5.97. The Balaban J connectivity index is 0.00000420. The minimum atomic E-state index is 0. The molecular formula is C22H39IN4O2. The molecule has 1 N–H and O–H groups in total. The third-order valence-electron chi connectivity index (χ3n) is 4.96. The molecule has 0 aromatic heterocycles. The van der Waals surface area contributed by atoms with Gasteiger partial charge in [0.05, 0.1) is 12.6 Å². The van der Waals surface area contributed by atoms with Crippen LogP contribution >= 0.6 is 24.0 Å². The number of likely N-dealkylation sites (N-methyl/N-ethyl adjacent to an activating group) is 1. The number of nitrogens with one attached hydrogen (secondary N) is 1. The van der Waals surface area contributed by atoms with Gasteiger partial charge in [-0.2, -0.15) is 0 Å². The number of piperidine rings is 1. The van der Waals surface area contributed by atoms with Crippen molar-refractivity contribution in [2.75, 3.05) is 60.1 Å². The molecule has 1 aromatic carbocycles. The van der Waals surface area contributed by atoms with Gasteiger partial charge in [-0.05, 0) is 38.8 Å². The minimum Gasteiger partial charge on any atom is -0.385 e. The summed E-state index contributed by atoms with van der Waals surface area (Å²) in [6, 6.07) is 10.6. The lowest BCUT2D eigenvalue weighted by Crippen LogP contribution is -2.47. The Morgan fingerprint density at radius 2 is 1.93 bits per heavy atom. The van der Waals surface area contributed by atoms with Gasteiger partial charge >= 0.3 is 0 Å². The first-order chi connectivity index (χ1) is 13.7. The molecule has 1 aromatic rings. The van der Waals surface area contributed by atoms with Crippen LogP contribution < -0.4 is 5.32 Å². The average molecular weight is 518 g/mol. The Hall–Kier alpha value is -0.900. The molecular weight excluding hydrogens is 479 g/mol. The van der Waals surface area contributed by atoms with Crippen LogP contribution in [0.3, 0.4) is 0 Å². The lowest BCUT2D eigenvalue weighted by atomic mass is 10.1. The molecule has 0 unspecified atom stereocenters. The molecule has 7 heteroatoms. The number of hydrogen-bond acceptors (Lipinski definition) is 4. The molecule has 29 heavy (non-hydrogen) atoms. The van der Waals surface area contributed by atoms with Gasteiger partial charge in [-0.25, -0.2) is 0 Å². The number of hydrogen-bond donors (Lipinski definition) is 1. The van der Waals surface area contributed by atoms with Gasteiger partial charge in [0.15, 0.2) is 5.96 Å². The van der Waals surface area contributed by atoms with E-state index >= 15 is 0 Å². The topological polar surface area (TPSA) is 49.3 Å². The van der Waals surface area contributed by atoms with Crippen LogP contribution in [0.1, 0.15) is 31.7 Å². The van der Waals surface area contributed by atoms with Crippen LogP contribution in [0.5, 0.6) is 0 Å². The molecule has 0 saturated carbocycles. The molecule has 0 bridgehead atoms. The summed E-state index contributed by atoms with van der Waals surface area (Å²) in [5.41, 5.74) is 1.34. The van der Waals surface area contributed by atoms with Crippen molar-refractivity contribution in [3.63, 3.8) is 0 Å². The number of guanidine groups is 1. The zero-order valence-electron chi connectivity index (χ0n) is 18.3. The maximum Gasteiger partial charge on any atom is 0.193 e. The second kappa shape index (κ2) is 15.9. The monoisotopic (exact) mass is 518 g/mol. The van der Waals surface area contributed by atoms with Gasteiger partial charge in [0.1, 0.15) is 0 Å². The Labute approximate surface area is 194 Å². The van der Waals surface area contributed by atoms with Crippen LogP contribution in [0.4, 0.5) is 0 Å². The first-order valence-electron chi connectivity index (χ1n) is 10.6. The molecule has 1 heterocycles. The Bertz CT molecular complexity index is 551. The molecule has 0 aliphatic carbocycles. The van der Waals surface area contributed by atoms with Crippen molar-refractivity contribution in [2.24, 2.45) is 4.99 Å². The van der Waals surface area contributed by atoms with Crippen molar-refractivity contribution in [1.82, 2.24) is 15.1 Å². The van der Waals surface area contributed by atoms with E-state index in [2.05, 4.69) is 59.4 Å². The van der Waals surface area contributed by atoms with Gasteiger partial charge in [0.25, 0.3) is 0 Å². The fraction of sp³-hybridized carbons (Fsp3) is 0.682. The molecule has 0 atom stereocenters. The summed E-state index contributed by atoms with van der Waals surface area (Å²) in [6.07, 6.45) is 3.46. The number of aliphatic imine (C=N–C) groups is 1. The molecule has 0 amide bonds. The van der Waals surface area contributed by atoms with Crippen molar-refractivity contribution in [2.45, 2.75) is 38.8 Å². The summed E-state index contributed by atoms with van der Waals surface area (Å²) in [5, 5.41) is 3.45. The summed E-state index contributed by atoms with van der Waals surface area (Å²) in [5.74, 6) is 1.04. The number of ether oxygens (including phenoxy) is 2. The standard InChI is InChI=1S/C22H38N4O2.HI/c1-4-23-22(24-13-16-25(2)19-20-9-6-5-7-10-20)26-14-11-21(12-15-26)28-18-8-17-27-3;/h5-7,9-10,21H,4,8,11-19H2,1-3H3,(H,23,24);1H. The van der Waals surface area contributed by atoms with E-state index in [9.17, 15) is 0 Å².